The second-order valence-electron chi connectivity index (χ2n) is 6.25. The first-order valence-corrected chi connectivity index (χ1v) is 8.66. The first-order valence-electron chi connectivity index (χ1n) is 8.66. The van der Waals surface area contributed by atoms with Crippen molar-refractivity contribution in [3.8, 4) is 5.69 Å². The third kappa shape index (κ3) is 4.26. The van der Waals surface area contributed by atoms with E-state index in [1.54, 1.807) is 11.5 Å². The number of aromatic nitrogens is 3. The number of anilines is 1. The summed E-state index contributed by atoms with van der Waals surface area (Å²) in [6.07, 6.45) is 1.51. The Morgan fingerprint density at radius 2 is 1.83 bits per heavy atom. The van der Waals surface area contributed by atoms with Crippen molar-refractivity contribution < 1.29 is 14.5 Å². The van der Waals surface area contributed by atoms with Crippen LogP contribution in [-0.4, -0.2) is 31.5 Å². The van der Waals surface area contributed by atoms with Crippen LogP contribution in [0.4, 0.5) is 11.4 Å². The Hall–Kier alpha value is -4.08. The Morgan fingerprint density at radius 1 is 1.10 bits per heavy atom. The first-order chi connectivity index (χ1) is 13.9. The van der Waals surface area contributed by atoms with E-state index < -0.39 is 16.7 Å². The third-order valence-electron chi connectivity index (χ3n) is 4.35. The highest BCUT2D eigenvalue weighted by atomic mass is 16.6. The number of aryl methyl sites for hydroxylation is 1. The molecule has 0 aliphatic rings. The topological polar surface area (TPSA) is 132 Å². The minimum absolute atomic E-state index is 0.0198. The van der Waals surface area contributed by atoms with Crippen LogP contribution in [0.15, 0.2) is 48.8 Å². The van der Waals surface area contributed by atoms with Crippen LogP contribution in [0.2, 0.25) is 0 Å². The molecule has 0 saturated carbocycles. The molecule has 0 radical (unpaired) electrons. The Bertz CT molecular complexity index is 1080. The zero-order valence-corrected chi connectivity index (χ0v) is 15.7. The van der Waals surface area contributed by atoms with E-state index in [4.69, 9.17) is 0 Å². The molecule has 0 unspecified atom stereocenters. The lowest BCUT2D eigenvalue weighted by Gasteiger charge is -2.12. The zero-order chi connectivity index (χ0) is 21.0. The van der Waals surface area contributed by atoms with Gasteiger partial charge in [-0.05, 0) is 31.5 Å². The molecule has 2 N–H and O–H groups in total. The van der Waals surface area contributed by atoms with E-state index in [1.165, 1.54) is 25.4 Å². The van der Waals surface area contributed by atoms with Crippen molar-refractivity contribution in [3.05, 3.63) is 75.9 Å². The van der Waals surface area contributed by atoms with Crippen LogP contribution in [0.3, 0.4) is 0 Å². The highest BCUT2D eigenvalue weighted by Gasteiger charge is 2.21. The lowest BCUT2D eigenvalue weighted by atomic mass is 10.1. The van der Waals surface area contributed by atoms with E-state index in [-0.39, 0.29) is 23.5 Å². The number of nitro benzene ring substituents is 1. The van der Waals surface area contributed by atoms with E-state index in [0.29, 0.717) is 11.4 Å². The number of nitro groups is 1. The van der Waals surface area contributed by atoms with Gasteiger partial charge in [-0.2, -0.15) is 0 Å². The van der Waals surface area contributed by atoms with Crippen molar-refractivity contribution in [2.75, 3.05) is 5.32 Å². The summed E-state index contributed by atoms with van der Waals surface area (Å²) in [5.74, 6) is -1.37. The predicted octanol–water partition coefficient (Wildman–Crippen LogP) is 2.05. The van der Waals surface area contributed by atoms with E-state index in [0.717, 1.165) is 5.69 Å². The van der Waals surface area contributed by atoms with Crippen LogP contribution < -0.4 is 10.6 Å². The Balaban J connectivity index is 1.69. The van der Waals surface area contributed by atoms with Crippen LogP contribution in [0, 0.1) is 24.0 Å². The maximum atomic E-state index is 12.3. The molecule has 1 heterocycles. The van der Waals surface area contributed by atoms with Gasteiger partial charge in [0, 0.05) is 11.8 Å². The van der Waals surface area contributed by atoms with Crippen molar-refractivity contribution in [2.45, 2.75) is 20.4 Å². The van der Waals surface area contributed by atoms with Crippen LogP contribution in [0.25, 0.3) is 5.69 Å². The van der Waals surface area contributed by atoms with Gasteiger partial charge in [0.2, 0.25) is 0 Å². The van der Waals surface area contributed by atoms with Gasteiger partial charge in [-0.15, -0.1) is 10.2 Å². The number of amides is 2. The summed E-state index contributed by atoms with van der Waals surface area (Å²) in [5.41, 5.74) is 1.81. The summed E-state index contributed by atoms with van der Waals surface area (Å²) in [4.78, 5) is 35.0. The van der Waals surface area contributed by atoms with Crippen molar-refractivity contribution in [1.82, 2.24) is 20.1 Å². The van der Waals surface area contributed by atoms with E-state index in [2.05, 4.69) is 20.8 Å². The molecular formula is C19H18N6O4. The molecule has 0 atom stereocenters. The van der Waals surface area contributed by atoms with E-state index in [1.807, 2.05) is 30.3 Å². The smallest absolute Gasteiger partial charge is 0.313 e. The summed E-state index contributed by atoms with van der Waals surface area (Å²) in [6.45, 7) is 3.18. The quantitative estimate of drug-likeness (QED) is 0.387. The number of hydrogen-bond donors (Lipinski definition) is 2. The number of para-hydroxylation sites is 1. The van der Waals surface area contributed by atoms with Crippen molar-refractivity contribution >= 4 is 23.2 Å². The number of nitrogens with one attached hydrogen (secondary N) is 2. The molecule has 0 saturated heterocycles. The third-order valence-corrected chi connectivity index (χ3v) is 4.35. The molecule has 2 amide bonds. The van der Waals surface area contributed by atoms with Gasteiger partial charge < -0.3 is 10.6 Å². The number of rotatable bonds is 5. The number of carbonyl (C=O) groups is 2. The fourth-order valence-electron chi connectivity index (χ4n) is 2.82. The van der Waals surface area contributed by atoms with Gasteiger partial charge in [0.1, 0.15) is 6.33 Å². The van der Waals surface area contributed by atoms with Gasteiger partial charge in [-0.25, -0.2) is 0 Å². The molecule has 10 heteroatoms. The molecule has 2 aromatic carbocycles. The Morgan fingerprint density at radius 3 is 2.52 bits per heavy atom. The molecule has 148 valence electrons. The summed E-state index contributed by atoms with van der Waals surface area (Å²) < 4.78 is 1.69. The van der Waals surface area contributed by atoms with Crippen LogP contribution in [0.5, 0.6) is 0 Å². The number of hydrogen-bond acceptors (Lipinski definition) is 6. The molecule has 0 aliphatic heterocycles. The monoisotopic (exact) mass is 394 g/mol. The van der Waals surface area contributed by atoms with Crippen LogP contribution in [-0.2, 0) is 16.1 Å². The van der Waals surface area contributed by atoms with Crippen molar-refractivity contribution in [3.63, 3.8) is 0 Å². The maximum absolute atomic E-state index is 12.3. The van der Waals surface area contributed by atoms with Gasteiger partial charge in [0.15, 0.2) is 5.82 Å². The van der Waals surface area contributed by atoms with Crippen LogP contribution in [0.1, 0.15) is 17.0 Å². The molecule has 0 fully saturated rings. The molecule has 1 aromatic heterocycles. The summed E-state index contributed by atoms with van der Waals surface area (Å²) in [6, 6.07) is 12.2. The van der Waals surface area contributed by atoms with Gasteiger partial charge in [-0.1, -0.05) is 24.3 Å². The second-order valence-corrected chi connectivity index (χ2v) is 6.25. The molecule has 0 aliphatic carbocycles. The predicted molar refractivity (Wildman–Crippen MR) is 104 cm³/mol. The average molecular weight is 394 g/mol. The molecule has 29 heavy (non-hydrogen) atoms. The normalized spacial score (nSPS) is 10.4. The minimum Gasteiger partial charge on any atom is -0.341 e. The fourth-order valence-corrected chi connectivity index (χ4v) is 2.82. The fraction of sp³-hybridized carbons (Fsp3) is 0.158. The van der Waals surface area contributed by atoms with Crippen molar-refractivity contribution in [1.29, 1.82) is 0 Å². The first kappa shape index (κ1) is 19.7. The number of benzene rings is 2. The Labute approximate surface area is 165 Å². The Kier molecular flexibility index (Phi) is 5.63. The summed E-state index contributed by atoms with van der Waals surface area (Å²) in [5, 5.41) is 23.8. The zero-order valence-electron chi connectivity index (χ0n) is 15.7. The average Bonchev–Trinajstić information content (AvgIpc) is 3.18. The summed E-state index contributed by atoms with van der Waals surface area (Å²) in [7, 11) is 0. The molecular weight excluding hydrogens is 376 g/mol. The largest absolute Gasteiger partial charge is 0.341 e. The molecule has 3 rings (SSSR count). The SMILES string of the molecule is Cc1ccc([N+](=O)[O-])c(C)c1NC(=O)C(=O)NCc1nncn1-c1ccccc1. The number of nitrogens with zero attached hydrogens (tertiary/aromatic N) is 4. The summed E-state index contributed by atoms with van der Waals surface area (Å²) >= 11 is 0. The number of carbonyl (C=O) groups excluding carboxylic acids is 2. The molecule has 0 bridgehead atoms. The second kappa shape index (κ2) is 8.30. The van der Waals surface area contributed by atoms with E-state index >= 15 is 0 Å². The van der Waals surface area contributed by atoms with Gasteiger partial charge in [-0.3, -0.25) is 24.3 Å². The standard InChI is InChI=1S/C19H18N6O4/c1-12-8-9-15(25(28)29)13(2)17(12)22-19(27)18(26)20-10-16-23-21-11-24(16)14-6-4-3-5-7-14/h3-9,11H,10H2,1-2H3,(H,20,26)(H,22,27). The minimum atomic E-state index is -0.928. The molecule has 0 spiro atoms. The highest BCUT2D eigenvalue weighted by molar-refractivity contribution is 6.39. The lowest BCUT2D eigenvalue weighted by molar-refractivity contribution is -0.385. The van der Waals surface area contributed by atoms with Gasteiger partial charge >= 0.3 is 11.8 Å². The van der Waals surface area contributed by atoms with Gasteiger partial charge in [0.05, 0.1) is 22.7 Å². The van der Waals surface area contributed by atoms with E-state index in [9.17, 15) is 19.7 Å². The van der Waals surface area contributed by atoms with Crippen molar-refractivity contribution in [2.24, 2.45) is 0 Å². The molecule has 3 aromatic rings. The molecule has 10 nitrogen and oxygen atoms in total. The highest BCUT2D eigenvalue weighted by Crippen LogP contribution is 2.28. The lowest BCUT2D eigenvalue weighted by Crippen LogP contribution is -2.36. The maximum Gasteiger partial charge on any atom is 0.313 e. The van der Waals surface area contributed by atoms with Gasteiger partial charge in [0.25, 0.3) is 5.69 Å². The van der Waals surface area contributed by atoms with Crippen LogP contribution >= 0.6 is 0 Å².